The van der Waals surface area contributed by atoms with Crippen LogP contribution >= 0.6 is 11.3 Å². The van der Waals surface area contributed by atoms with Gasteiger partial charge in [0.05, 0.1) is 0 Å². The van der Waals surface area contributed by atoms with Gasteiger partial charge in [-0.05, 0) is 27.9 Å². The van der Waals surface area contributed by atoms with Crippen molar-refractivity contribution >= 4 is 49.2 Å². The number of hydrogen-bond acceptors (Lipinski definition) is 3. The van der Waals surface area contributed by atoms with Crippen LogP contribution in [-0.2, 0) is 20.1 Å². The summed E-state index contributed by atoms with van der Waals surface area (Å²) in [5.74, 6) is 7.14. The van der Waals surface area contributed by atoms with E-state index in [1.807, 2.05) is 60.1 Å². The molecule has 0 spiro atoms. The fourth-order valence-corrected chi connectivity index (χ4v) is 8.27. The van der Waals surface area contributed by atoms with Gasteiger partial charge in [-0.25, -0.2) is 0 Å². The van der Waals surface area contributed by atoms with Gasteiger partial charge in [0.25, 0.3) is 0 Å². The molecule has 0 aliphatic rings. The molecule has 42 heavy (non-hydrogen) atoms. The summed E-state index contributed by atoms with van der Waals surface area (Å²) in [6, 6.07) is 46.3. The van der Waals surface area contributed by atoms with Gasteiger partial charge in [0.15, 0.2) is 0 Å². The Hall–Kier alpha value is -3.41. The summed E-state index contributed by atoms with van der Waals surface area (Å²) in [5, 5.41) is 2.60. The average molecular weight is 800 g/mol. The van der Waals surface area contributed by atoms with Crippen LogP contribution in [0.1, 0.15) is 0 Å². The first kappa shape index (κ1) is 30.1. The zero-order chi connectivity index (χ0) is 28.2. The number of thiophene rings is 1. The molecule has 7 rings (SSSR count). The normalized spacial score (nSPS) is 11.0. The zero-order valence-corrected chi connectivity index (χ0v) is 29.1. The number of fused-ring (bicyclic) bond motifs is 3. The summed E-state index contributed by atoms with van der Waals surface area (Å²) in [6.07, 6.45) is 3.88. The third-order valence-corrected chi connectivity index (χ3v) is 12.5. The van der Waals surface area contributed by atoms with Crippen LogP contribution in [0.5, 0.6) is 0 Å². The summed E-state index contributed by atoms with van der Waals surface area (Å²) in [7, 11) is 0. The summed E-state index contributed by atoms with van der Waals surface area (Å²) < 4.78 is 3.99. The van der Waals surface area contributed by atoms with E-state index >= 15 is 0 Å². The minimum absolute atomic E-state index is 0. The molecule has 0 amide bonds. The molecule has 0 atom stereocenters. The van der Waals surface area contributed by atoms with Crippen molar-refractivity contribution in [3.8, 4) is 33.6 Å². The van der Waals surface area contributed by atoms with Gasteiger partial charge in [0, 0.05) is 31.0 Å². The van der Waals surface area contributed by atoms with E-state index < -0.39 is 13.3 Å². The van der Waals surface area contributed by atoms with Gasteiger partial charge in [-0.15, -0.1) is 17.7 Å². The molecular weight excluding hydrogens is 769 g/mol. The molecule has 7 aromatic rings. The Kier molecular flexibility index (Phi) is 9.50. The van der Waals surface area contributed by atoms with Gasteiger partial charge in [-0.1, -0.05) is 77.2 Å². The van der Waals surface area contributed by atoms with Crippen LogP contribution in [0.15, 0.2) is 128 Å². The average Bonchev–Trinajstić information content (AvgIpc) is 3.42. The quantitative estimate of drug-likeness (QED) is 0.131. The molecule has 2 nitrogen and oxygen atoms in total. The van der Waals surface area contributed by atoms with Crippen LogP contribution < -0.4 is 4.40 Å². The standard InChI is InChI=1S/C23H14NS.C14H16GeN.Ir/c1-2-8-16(9-3-1)17-13-14-18(20-11-6-7-15-24-20)23-22(17)19-10-4-5-12-21(19)25-23;1-15(2,3)13-9-10-14(16-11-13)12-7-5-4-6-8-12;/h1-13,15H;4-7,9-11H,1-3H3;/q2*-1;. The molecular formula is C37H30GeIrN2S-2. The Morgan fingerprint density at radius 1 is 0.690 bits per heavy atom. The van der Waals surface area contributed by atoms with Gasteiger partial charge in [-0.3, -0.25) is 0 Å². The third kappa shape index (κ3) is 6.48. The number of aromatic nitrogens is 2. The maximum absolute atomic E-state index is 4.55. The van der Waals surface area contributed by atoms with Gasteiger partial charge < -0.3 is 4.98 Å². The Balaban J connectivity index is 0.000000181. The van der Waals surface area contributed by atoms with Crippen molar-refractivity contribution in [3.63, 3.8) is 0 Å². The van der Waals surface area contributed by atoms with Crippen LogP contribution in [-0.4, -0.2) is 23.2 Å². The van der Waals surface area contributed by atoms with Crippen molar-refractivity contribution in [1.82, 2.24) is 9.97 Å². The Morgan fingerprint density at radius 3 is 2.14 bits per heavy atom. The second-order valence-electron chi connectivity index (χ2n) is 10.9. The molecule has 3 heterocycles. The van der Waals surface area contributed by atoms with Gasteiger partial charge >= 0.3 is 99.8 Å². The van der Waals surface area contributed by atoms with Crippen molar-refractivity contribution in [3.05, 3.63) is 140 Å². The molecule has 0 N–H and O–H groups in total. The molecule has 4 aromatic carbocycles. The fourth-order valence-electron chi connectivity index (χ4n) is 4.87. The molecule has 0 saturated carbocycles. The van der Waals surface area contributed by atoms with E-state index in [1.165, 1.54) is 35.7 Å². The first-order valence-electron chi connectivity index (χ1n) is 13.8. The van der Waals surface area contributed by atoms with E-state index in [1.54, 1.807) is 0 Å². The molecule has 0 aliphatic heterocycles. The fraction of sp³-hybridized carbons (Fsp3) is 0.0811. The van der Waals surface area contributed by atoms with Crippen LogP contribution in [0.3, 0.4) is 0 Å². The van der Waals surface area contributed by atoms with Crippen molar-refractivity contribution in [2.24, 2.45) is 0 Å². The summed E-state index contributed by atoms with van der Waals surface area (Å²) in [5.41, 5.74) is 6.58. The molecule has 5 heteroatoms. The van der Waals surface area contributed by atoms with E-state index in [-0.39, 0.29) is 20.1 Å². The Labute approximate surface area is 268 Å². The summed E-state index contributed by atoms with van der Waals surface area (Å²) in [6.45, 7) is 0. The van der Waals surface area contributed by atoms with Crippen molar-refractivity contribution in [2.45, 2.75) is 17.3 Å². The molecule has 0 fully saturated rings. The number of pyridine rings is 2. The van der Waals surface area contributed by atoms with Crippen LogP contribution in [0.25, 0.3) is 53.8 Å². The molecule has 0 aliphatic carbocycles. The number of hydrogen-bond donors (Lipinski definition) is 0. The number of rotatable bonds is 4. The van der Waals surface area contributed by atoms with E-state index in [0.717, 1.165) is 22.5 Å². The van der Waals surface area contributed by atoms with Gasteiger partial charge in [0.2, 0.25) is 0 Å². The first-order valence-corrected chi connectivity index (χ1v) is 21.9. The Bertz CT molecular complexity index is 1900. The second-order valence-corrected chi connectivity index (χ2v) is 22.6. The smallest absolute Gasteiger partial charge is 0.0239 e. The topological polar surface area (TPSA) is 25.8 Å². The van der Waals surface area contributed by atoms with Crippen molar-refractivity contribution in [1.29, 1.82) is 0 Å². The monoisotopic (exact) mass is 801 g/mol. The molecule has 0 unspecified atom stereocenters. The largest absolute Gasteiger partial charge is 0.305 e. The molecule has 1 radical (unpaired) electrons. The van der Waals surface area contributed by atoms with Crippen LogP contribution in [0, 0.1) is 12.1 Å². The van der Waals surface area contributed by atoms with Crippen molar-refractivity contribution < 1.29 is 20.1 Å². The number of benzene rings is 4. The minimum atomic E-state index is -1.72. The van der Waals surface area contributed by atoms with Crippen LogP contribution in [0.2, 0.25) is 17.3 Å². The molecule has 209 valence electrons. The van der Waals surface area contributed by atoms with Gasteiger partial charge in [-0.2, -0.15) is 11.3 Å². The second kappa shape index (κ2) is 13.3. The maximum atomic E-state index is 4.55. The SMILES string of the molecule is [CH3][Ge]([CH3])([CH3])[c]1ccc(-c2[c-]cccc2)nc1.[Ir].[c-]1cc(-c2ccccc2)c2c(sc3ccccc32)c1-c1ccccn1. The van der Waals surface area contributed by atoms with E-state index in [0.29, 0.717) is 0 Å². The van der Waals surface area contributed by atoms with Gasteiger partial charge in [0.1, 0.15) is 0 Å². The minimum Gasteiger partial charge on any atom is -0.305 e. The summed E-state index contributed by atoms with van der Waals surface area (Å²) in [4.78, 5) is 9.08. The van der Waals surface area contributed by atoms with E-state index in [2.05, 4.69) is 118 Å². The summed E-state index contributed by atoms with van der Waals surface area (Å²) >= 11 is 0.105. The van der Waals surface area contributed by atoms with E-state index in [4.69, 9.17) is 0 Å². The molecule has 3 aromatic heterocycles. The van der Waals surface area contributed by atoms with E-state index in [9.17, 15) is 0 Å². The zero-order valence-electron chi connectivity index (χ0n) is 23.8. The Morgan fingerprint density at radius 2 is 1.45 bits per heavy atom. The molecule has 0 bridgehead atoms. The van der Waals surface area contributed by atoms with Crippen molar-refractivity contribution in [2.75, 3.05) is 0 Å². The third-order valence-electron chi connectivity index (χ3n) is 7.07. The predicted molar refractivity (Wildman–Crippen MR) is 178 cm³/mol. The van der Waals surface area contributed by atoms with Crippen LogP contribution in [0.4, 0.5) is 0 Å². The maximum Gasteiger partial charge on any atom is 0.0239 e. The predicted octanol–water partition coefficient (Wildman–Crippen LogP) is 9.68. The molecule has 0 saturated heterocycles. The number of nitrogens with zero attached hydrogens (tertiary/aromatic N) is 2. The first-order chi connectivity index (χ1) is 20.0.